The molecular weight excluding hydrogens is 224 g/mol. The molecule has 88 valence electrons. The smallest absolute Gasteiger partial charge is 0.261 e. The molecule has 1 aromatic heterocycles. The minimum atomic E-state index is -0.342. The number of thiophene rings is 1. The highest BCUT2D eigenvalue weighted by atomic mass is 32.1. The van der Waals surface area contributed by atoms with E-state index in [1.165, 1.54) is 11.3 Å². The van der Waals surface area contributed by atoms with E-state index in [2.05, 4.69) is 10.6 Å². The van der Waals surface area contributed by atoms with Crippen LogP contribution in [0.3, 0.4) is 0 Å². The summed E-state index contributed by atoms with van der Waals surface area (Å²) >= 11 is 1.49. The number of amides is 1. The number of aliphatic hydroxyl groups is 1. The third-order valence-corrected chi connectivity index (χ3v) is 3.79. The summed E-state index contributed by atoms with van der Waals surface area (Å²) in [5, 5.41) is 15.5. The fourth-order valence-corrected chi connectivity index (χ4v) is 2.58. The molecule has 3 N–H and O–H groups in total. The van der Waals surface area contributed by atoms with Gasteiger partial charge in [-0.15, -0.1) is 11.3 Å². The number of carbonyl (C=O) groups excluding carboxylic acids is 1. The fourth-order valence-electron chi connectivity index (χ4n) is 1.79. The van der Waals surface area contributed by atoms with Gasteiger partial charge in [0.15, 0.2) is 0 Å². The predicted octanol–water partition coefficient (Wildman–Crippen LogP) is 0.367. The van der Waals surface area contributed by atoms with Crippen molar-refractivity contribution < 1.29 is 9.90 Å². The fraction of sp³-hybridized carbons (Fsp3) is 0.545. The summed E-state index contributed by atoms with van der Waals surface area (Å²) in [6, 6.07) is 3.77. The number of carbonyl (C=O) groups is 1. The van der Waals surface area contributed by atoms with Gasteiger partial charge in [-0.1, -0.05) is 0 Å². The molecule has 0 spiro atoms. The molecule has 0 saturated carbocycles. The van der Waals surface area contributed by atoms with Gasteiger partial charge in [0.1, 0.15) is 0 Å². The quantitative estimate of drug-likeness (QED) is 0.715. The van der Waals surface area contributed by atoms with Crippen molar-refractivity contribution >= 4 is 17.2 Å². The summed E-state index contributed by atoms with van der Waals surface area (Å²) < 4.78 is 0. The Balaban J connectivity index is 1.84. The van der Waals surface area contributed by atoms with Crippen LogP contribution in [0.4, 0.5) is 0 Å². The lowest BCUT2D eigenvalue weighted by atomic mass is 10.1. The van der Waals surface area contributed by atoms with Crippen molar-refractivity contribution in [3.63, 3.8) is 0 Å². The van der Waals surface area contributed by atoms with Crippen LogP contribution in [0.5, 0.6) is 0 Å². The minimum absolute atomic E-state index is 0.0443. The largest absolute Gasteiger partial charge is 0.391 e. The van der Waals surface area contributed by atoms with Crippen molar-refractivity contribution in [1.82, 2.24) is 10.6 Å². The Hall–Kier alpha value is -0.910. The Labute approximate surface area is 98.7 Å². The Morgan fingerprint density at radius 1 is 1.62 bits per heavy atom. The maximum Gasteiger partial charge on any atom is 0.261 e. The van der Waals surface area contributed by atoms with E-state index in [9.17, 15) is 9.90 Å². The van der Waals surface area contributed by atoms with Crippen molar-refractivity contribution in [2.24, 2.45) is 5.92 Å². The number of hydrogen-bond donors (Lipinski definition) is 3. The standard InChI is InChI=1S/C11H16N2O2S/c1-7-2-3-10(16-7)11(15)13-5-8-4-12-6-9(8)14/h2-3,8-9,12,14H,4-6H2,1H3,(H,13,15). The van der Waals surface area contributed by atoms with E-state index in [0.29, 0.717) is 13.1 Å². The van der Waals surface area contributed by atoms with Gasteiger partial charge in [0, 0.05) is 30.4 Å². The topological polar surface area (TPSA) is 61.4 Å². The molecule has 16 heavy (non-hydrogen) atoms. The molecule has 2 heterocycles. The van der Waals surface area contributed by atoms with Gasteiger partial charge in [-0.3, -0.25) is 4.79 Å². The molecular formula is C11H16N2O2S. The van der Waals surface area contributed by atoms with E-state index >= 15 is 0 Å². The van der Waals surface area contributed by atoms with E-state index < -0.39 is 0 Å². The number of aliphatic hydroxyl groups excluding tert-OH is 1. The van der Waals surface area contributed by atoms with Crippen LogP contribution in [-0.4, -0.2) is 36.8 Å². The Kier molecular flexibility index (Phi) is 3.58. The number of hydrogen-bond acceptors (Lipinski definition) is 4. The molecule has 0 radical (unpaired) electrons. The molecule has 1 fully saturated rings. The van der Waals surface area contributed by atoms with Gasteiger partial charge in [-0.2, -0.15) is 0 Å². The van der Waals surface area contributed by atoms with Crippen LogP contribution in [0, 0.1) is 12.8 Å². The highest BCUT2D eigenvalue weighted by Gasteiger charge is 2.25. The van der Waals surface area contributed by atoms with Crippen LogP contribution < -0.4 is 10.6 Å². The SMILES string of the molecule is Cc1ccc(C(=O)NCC2CNCC2O)s1. The van der Waals surface area contributed by atoms with E-state index in [4.69, 9.17) is 0 Å². The Morgan fingerprint density at radius 2 is 2.44 bits per heavy atom. The van der Waals surface area contributed by atoms with Crippen LogP contribution in [0.1, 0.15) is 14.5 Å². The van der Waals surface area contributed by atoms with Crippen molar-refractivity contribution in [2.75, 3.05) is 19.6 Å². The summed E-state index contributed by atoms with van der Waals surface area (Å²) in [5.74, 6) is 0.0854. The molecule has 1 aliphatic rings. The second-order valence-corrected chi connectivity index (χ2v) is 5.39. The van der Waals surface area contributed by atoms with Gasteiger partial charge in [0.25, 0.3) is 5.91 Å². The first-order chi connectivity index (χ1) is 7.66. The zero-order valence-corrected chi connectivity index (χ0v) is 10.0. The molecule has 2 unspecified atom stereocenters. The summed E-state index contributed by atoms with van der Waals surface area (Å²) in [4.78, 5) is 13.6. The van der Waals surface area contributed by atoms with Crippen LogP contribution in [0.15, 0.2) is 12.1 Å². The average molecular weight is 240 g/mol. The molecule has 2 rings (SSSR count). The number of aryl methyl sites for hydroxylation is 1. The first-order valence-corrected chi connectivity index (χ1v) is 6.22. The van der Waals surface area contributed by atoms with Crippen molar-refractivity contribution in [3.8, 4) is 0 Å². The molecule has 5 heteroatoms. The van der Waals surface area contributed by atoms with Crippen LogP contribution >= 0.6 is 11.3 Å². The molecule has 1 saturated heterocycles. The van der Waals surface area contributed by atoms with Gasteiger partial charge < -0.3 is 15.7 Å². The van der Waals surface area contributed by atoms with Gasteiger partial charge in [0.2, 0.25) is 0 Å². The highest BCUT2D eigenvalue weighted by Crippen LogP contribution is 2.15. The summed E-state index contributed by atoms with van der Waals surface area (Å²) in [5.41, 5.74) is 0. The third-order valence-electron chi connectivity index (χ3n) is 2.79. The summed E-state index contributed by atoms with van der Waals surface area (Å²) in [7, 11) is 0. The summed E-state index contributed by atoms with van der Waals surface area (Å²) in [6.45, 7) is 3.90. The Morgan fingerprint density at radius 3 is 3.00 bits per heavy atom. The first-order valence-electron chi connectivity index (χ1n) is 5.40. The van der Waals surface area contributed by atoms with Crippen LogP contribution in [0.25, 0.3) is 0 Å². The van der Waals surface area contributed by atoms with Crippen molar-refractivity contribution in [2.45, 2.75) is 13.0 Å². The monoisotopic (exact) mass is 240 g/mol. The first kappa shape index (κ1) is 11.6. The lowest BCUT2D eigenvalue weighted by molar-refractivity contribution is 0.0931. The maximum absolute atomic E-state index is 11.7. The molecule has 1 aliphatic heterocycles. The lowest BCUT2D eigenvalue weighted by Gasteiger charge is -2.13. The second-order valence-electron chi connectivity index (χ2n) is 4.11. The van der Waals surface area contributed by atoms with E-state index in [1.54, 1.807) is 0 Å². The van der Waals surface area contributed by atoms with E-state index in [1.807, 2.05) is 19.1 Å². The van der Waals surface area contributed by atoms with Crippen molar-refractivity contribution in [1.29, 1.82) is 0 Å². The van der Waals surface area contributed by atoms with Crippen LogP contribution in [-0.2, 0) is 0 Å². The van der Waals surface area contributed by atoms with Gasteiger partial charge in [-0.05, 0) is 19.1 Å². The van der Waals surface area contributed by atoms with Gasteiger partial charge >= 0.3 is 0 Å². The van der Waals surface area contributed by atoms with E-state index in [0.717, 1.165) is 16.3 Å². The third kappa shape index (κ3) is 2.61. The molecule has 0 aromatic carbocycles. The molecule has 0 bridgehead atoms. The van der Waals surface area contributed by atoms with Crippen molar-refractivity contribution in [3.05, 3.63) is 21.9 Å². The normalized spacial score (nSPS) is 24.6. The molecule has 2 atom stereocenters. The van der Waals surface area contributed by atoms with Gasteiger partial charge in [-0.25, -0.2) is 0 Å². The zero-order chi connectivity index (χ0) is 11.5. The number of rotatable bonds is 3. The summed E-state index contributed by atoms with van der Waals surface area (Å²) in [6.07, 6.45) is -0.342. The molecule has 4 nitrogen and oxygen atoms in total. The molecule has 1 aromatic rings. The van der Waals surface area contributed by atoms with E-state index in [-0.39, 0.29) is 17.9 Å². The lowest BCUT2D eigenvalue weighted by Crippen LogP contribution is -2.33. The predicted molar refractivity (Wildman–Crippen MR) is 63.8 cm³/mol. The minimum Gasteiger partial charge on any atom is -0.391 e. The number of β-amino-alcohol motifs (C(OH)–C–C–N with tert-alkyl or cyclic N) is 1. The average Bonchev–Trinajstić information content (AvgIpc) is 2.84. The molecule has 0 aliphatic carbocycles. The second kappa shape index (κ2) is 4.95. The van der Waals surface area contributed by atoms with Gasteiger partial charge in [0.05, 0.1) is 11.0 Å². The number of nitrogens with one attached hydrogen (secondary N) is 2. The highest BCUT2D eigenvalue weighted by molar-refractivity contribution is 7.13. The zero-order valence-electron chi connectivity index (χ0n) is 9.19. The maximum atomic E-state index is 11.7. The van der Waals surface area contributed by atoms with Crippen LogP contribution in [0.2, 0.25) is 0 Å². The molecule has 1 amide bonds. The Bertz CT molecular complexity index is 378.